The van der Waals surface area contributed by atoms with Gasteiger partial charge in [0, 0.05) is 37.1 Å². The molecule has 3 aromatic carbocycles. The first-order valence-corrected chi connectivity index (χ1v) is 16.1. The van der Waals surface area contributed by atoms with E-state index in [4.69, 9.17) is 9.84 Å². The van der Waals surface area contributed by atoms with Crippen LogP contribution in [-0.4, -0.2) is 50.0 Å². The van der Waals surface area contributed by atoms with Gasteiger partial charge in [-0.05, 0) is 60.4 Å². The Hall–Kier alpha value is -6.01. The fourth-order valence-electron chi connectivity index (χ4n) is 5.27. The Morgan fingerprint density at radius 1 is 0.918 bits per heavy atom. The number of unbranched alkanes of at least 4 members (excludes halogenated alkanes) is 1. The standard InChI is InChI=1S/C37H39N9O3/c1-4-5-8-27-20-35(46(44-27)28-13-11-25(23-47)12-14-28)43-37(48)40-31-15-16-32(30-10-7-6-9-29(30)31)49-24-26-17-18-39-33(19-26)41-34-21-38-22-36(42-34)45(2)3/h6-7,9-22,47H,4-5,8,23-24H2,1-3H3,(H,39,41,42)(H2,40,43,48). The Balaban J connectivity index is 1.16. The van der Waals surface area contributed by atoms with Gasteiger partial charge in [0.2, 0.25) is 0 Å². The zero-order valence-electron chi connectivity index (χ0n) is 27.7. The van der Waals surface area contributed by atoms with Crippen molar-refractivity contribution in [2.45, 2.75) is 39.4 Å². The zero-order valence-corrected chi connectivity index (χ0v) is 27.7. The molecule has 0 fully saturated rings. The maximum absolute atomic E-state index is 13.4. The number of carbonyl (C=O) groups is 1. The summed E-state index contributed by atoms with van der Waals surface area (Å²) in [5, 5.41) is 25.1. The van der Waals surface area contributed by atoms with Crippen LogP contribution in [0.15, 0.2) is 97.5 Å². The van der Waals surface area contributed by atoms with Crippen LogP contribution in [-0.2, 0) is 19.6 Å². The molecule has 0 aliphatic carbocycles. The van der Waals surface area contributed by atoms with Crippen molar-refractivity contribution in [2.24, 2.45) is 0 Å². The third kappa shape index (κ3) is 8.11. The van der Waals surface area contributed by atoms with E-state index in [0.717, 1.165) is 58.4 Å². The van der Waals surface area contributed by atoms with Gasteiger partial charge in [-0.2, -0.15) is 5.10 Å². The molecule has 0 aliphatic rings. The van der Waals surface area contributed by atoms with E-state index >= 15 is 0 Å². The normalized spacial score (nSPS) is 10.9. The van der Waals surface area contributed by atoms with Crippen LogP contribution in [0.25, 0.3) is 16.5 Å². The van der Waals surface area contributed by atoms with E-state index in [1.807, 2.05) is 97.9 Å². The van der Waals surface area contributed by atoms with Gasteiger partial charge >= 0.3 is 6.03 Å². The molecular weight excluding hydrogens is 618 g/mol. The lowest BCUT2D eigenvalue weighted by atomic mass is 10.1. The molecule has 250 valence electrons. The van der Waals surface area contributed by atoms with Crippen LogP contribution in [0.3, 0.4) is 0 Å². The van der Waals surface area contributed by atoms with Crippen LogP contribution in [0.4, 0.5) is 33.8 Å². The Labute approximate surface area is 284 Å². The molecule has 2 amide bonds. The molecule has 4 N–H and O–H groups in total. The number of hydrogen-bond acceptors (Lipinski definition) is 9. The number of hydrogen-bond donors (Lipinski definition) is 4. The Kier molecular flexibility index (Phi) is 10.3. The summed E-state index contributed by atoms with van der Waals surface area (Å²) in [5.41, 5.74) is 4.03. The van der Waals surface area contributed by atoms with Crippen LogP contribution >= 0.6 is 0 Å². The molecule has 0 radical (unpaired) electrons. The molecule has 12 heteroatoms. The van der Waals surface area contributed by atoms with Crippen molar-refractivity contribution in [3.8, 4) is 11.4 Å². The summed E-state index contributed by atoms with van der Waals surface area (Å²) >= 11 is 0. The Morgan fingerprint density at radius 3 is 2.51 bits per heavy atom. The number of carbonyl (C=O) groups excluding carboxylic acids is 1. The summed E-state index contributed by atoms with van der Waals surface area (Å²) in [5.74, 6) is 3.19. The lowest BCUT2D eigenvalue weighted by Gasteiger charge is -2.15. The SMILES string of the molecule is CCCCc1cc(NC(=O)Nc2ccc(OCc3ccnc(Nc4cncc(N(C)C)n4)c3)c3ccccc23)n(-c2ccc(CO)cc2)n1. The highest BCUT2D eigenvalue weighted by Crippen LogP contribution is 2.32. The van der Waals surface area contributed by atoms with E-state index in [1.54, 1.807) is 23.3 Å². The maximum atomic E-state index is 13.4. The van der Waals surface area contributed by atoms with E-state index in [9.17, 15) is 9.90 Å². The molecule has 6 rings (SSSR count). The van der Waals surface area contributed by atoms with Gasteiger partial charge in [-0.1, -0.05) is 49.7 Å². The summed E-state index contributed by atoms with van der Waals surface area (Å²) in [7, 11) is 3.82. The number of amides is 2. The summed E-state index contributed by atoms with van der Waals surface area (Å²) in [4.78, 5) is 28.5. The minimum absolute atomic E-state index is 0.0441. The van der Waals surface area contributed by atoms with Crippen molar-refractivity contribution < 1.29 is 14.6 Å². The molecule has 0 unspecified atom stereocenters. The van der Waals surface area contributed by atoms with Crippen molar-refractivity contribution in [3.05, 3.63) is 114 Å². The Morgan fingerprint density at radius 2 is 1.73 bits per heavy atom. The number of ether oxygens (including phenoxy) is 1. The molecule has 0 spiro atoms. The van der Waals surface area contributed by atoms with E-state index in [1.165, 1.54) is 0 Å². The number of aliphatic hydroxyl groups excluding tert-OH is 1. The molecule has 0 saturated heterocycles. The molecule has 3 heterocycles. The second-order valence-corrected chi connectivity index (χ2v) is 11.7. The lowest BCUT2D eigenvalue weighted by Crippen LogP contribution is -2.21. The van der Waals surface area contributed by atoms with E-state index in [0.29, 0.717) is 35.5 Å². The minimum Gasteiger partial charge on any atom is -0.488 e. The number of aliphatic hydroxyl groups is 1. The first kappa shape index (κ1) is 32.9. The average Bonchev–Trinajstić information content (AvgIpc) is 3.52. The largest absolute Gasteiger partial charge is 0.488 e. The van der Waals surface area contributed by atoms with Gasteiger partial charge in [-0.25, -0.2) is 19.4 Å². The van der Waals surface area contributed by atoms with E-state index < -0.39 is 6.03 Å². The molecule has 3 aromatic heterocycles. The predicted octanol–water partition coefficient (Wildman–Crippen LogP) is 7.08. The summed E-state index contributed by atoms with van der Waals surface area (Å²) in [6.45, 7) is 2.40. The number of rotatable bonds is 13. The number of nitrogens with one attached hydrogen (secondary N) is 3. The number of aryl methyl sites for hydroxylation is 1. The number of pyridine rings is 1. The highest BCUT2D eigenvalue weighted by molar-refractivity contribution is 6.07. The number of fused-ring (bicyclic) bond motifs is 1. The maximum Gasteiger partial charge on any atom is 0.324 e. The first-order valence-electron chi connectivity index (χ1n) is 16.1. The quantitative estimate of drug-likeness (QED) is 0.102. The van der Waals surface area contributed by atoms with Crippen molar-refractivity contribution in [2.75, 3.05) is 34.9 Å². The van der Waals surface area contributed by atoms with Crippen LogP contribution in [0.1, 0.15) is 36.6 Å². The molecule has 0 atom stereocenters. The predicted molar refractivity (Wildman–Crippen MR) is 193 cm³/mol. The molecule has 0 saturated carbocycles. The second-order valence-electron chi connectivity index (χ2n) is 11.7. The van der Waals surface area contributed by atoms with E-state index in [2.05, 4.69) is 37.8 Å². The van der Waals surface area contributed by atoms with Crippen LogP contribution in [0, 0.1) is 0 Å². The van der Waals surface area contributed by atoms with E-state index in [-0.39, 0.29) is 6.61 Å². The minimum atomic E-state index is -0.397. The van der Waals surface area contributed by atoms with Crippen molar-refractivity contribution >= 4 is 45.8 Å². The topological polar surface area (TPSA) is 142 Å². The van der Waals surface area contributed by atoms with Gasteiger partial charge in [0.05, 0.1) is 36.1 Å². The van der Waals surface area contributed by atoms with Gasteiger partial charge in [0.1, 0.15) is 29.8 Å². The zero-order chi connectivity index (χ0) is 34.2. The van der Waals surface area contributed by atoms with Crippen molar-refractivity contribution in [1.82, 2.24) is 24.7 Å². The average molecular weight is 658 g/mol. The number of nitrogens with zero attached hydrogens (tertiary/aromatic N) is 6. The molecule has 49 heavy (non-hydrogen) atoms. The highest BCUT2D eigenvalue weighted by Gasteiger charge is 2.15. The third-order valence-corrected chi connectivity index (χ3v) is 7.84. The molecule has 12 nitrogen and oxygen atoms in total. The number of anilines is 5. The van der Waals surface area contributed by atoms with Gasteiger partial charge in [-0.15, -0.1) is 0 Å². The van der Waals surface area contributed by atoms with Crippen molar-refractivity contribution in [3.63, 3.8) is 0 Å². The monoisotopic (exact) mass is 657 g/mol. The first-order chi connectivity index (χ1) is 23.9. The molecular formula is C37H39N9O3. The van der Waals surface area contributed by atoms with Gasteiger partial charge in [0.25, 0.3) is 0 Å². The smallest absolute Gasteiger partial charge is 0.324 e. The third-order valence-electron chi connectivity index (χ3n) is 7.84. The number of benzene rings is 3. The highest BCUT2D eigenvalue weighted by atomic mass is 16.5. The van der Waals surface area contributed by atoms with Crippen LogP contribution in [0.5, 0.6) is 5.75 Å². The van der Waals surface area contributed by atoms with Crippen molar-refractivity contribution in [1.29, 1.82) is 0 Å². The Bertz CT molecular complexity index is 2040. The molecule has 0 aliphatic heterocycles. The lowest BCUT2D eigenvalue weighted by molar-refractivity contribution is 0.262. The van der Waals surface area contributed by atoms with Gasteiger partial charge < -0.3 is 25.4 Å². The molecule has 6 aromatic rings. The number of aromatic nitrogens is 5. The summed E-state index contributed by atoms with van der Waals surface area (Å²) in [6.07, 6.45) is 7.90. The van der Waals surface area contributed by atoms with Gasteiger partial charge in [0.15, 0.2) is 5.82 Å². The van der Waals surface area contributed by atoms with Gasteiger partial charge in [-0.3, -0.25) is 10.3 Å². The van der Waals surface area contributed by atoms with Crippen LogP contribution < -0.4 is 25.6 Å². The summed E-state index contributed by atoms with van der Waals surface area (Å²) in [6, 6.07) is 24.2. The molecule has 0 bridgehead atoms. The number of urea groups is 1. The fourth-order valence-corrected chi connectivity index (χ4v) is 5.27. The second kappa shape index (κ2) is 15.3. The fraction of sp³-hybridized carbons (Fsp3) is 0.216. The van der Waals surface area contributed by atoms with Crippen LogP contribution in [0.2, 0.25) is 0 Å². The summed E-state index contributed by atoms with van der Waals surface area (Å²) < 4.78 is 8.00.